The molecule has 1 N–H and O–H groups in total. The van der Waals surface area contributed by atoms with Crippen molar-refractivity contribution in [1.82, 2.24) is 10.3 Å². The summed E-state index contributed by atoms with van der Waals surface area (Å²) in [4.78, 5) is 5.62. The molecule has 0 aliphatic heterocycles. The normalized spacial score (nSPS) is 19.8. The van der Waals surface area contributed by atoms with E-state index in [1.165, 1.54) is 29.8 Å². The van der Waals surface area contributed by atoms with Crippen LogP contribution >= 0.6 is 11.3 Å². The Bertz CT molecular complexity index is 289. The summed E-state index contributed by atoms with van der Waals surface area (Å²) in [6.07, 6.45) is 4.03. The predicted molar refractivity (Wildman–Crippen MR) is 55.9 cm³/mol. The van der Waals surface area contributed by atoms with E-state index in [1.54, 1.807) is 11.3 Å². The molecule has 0 saturated heterocycles. The molecule has 13 heavy (non-hydrogen) atoms. The molecular weight excluding hydrogens is 180 g/mol. The van der Waals surface area contributed by atoms with Crippen molar-refractivity contribution in [3.63, 3.8) is 0 Å². The van der Waals surface area contributed by atoms with E-state index in [1.807, 2.05) is 5.51 Å². The number of hydrogen-bond donors (Lipinski definition) is 1. The van der Waals surface area contributed by atoms with Crippen LogP contribution in [0.1, 0.15) is 36.8 Å². The van der Waals surface area contributed by atoms with Crippen molar-refractivity contribution in [2.45, 2.75) is 45.2 Å². The van der Waals surface area contributed by atoms with Crippen LogP contribution in [0.15, 0.2) is 5.51 Å². The standard InChI is InChI=1S/C10H16N2S/c1-8-9(13-7-11-8)6-12-10(2)4-3-5-10/h7,12H,3-6H2,1-2H3. The number of nitrogens with one attached hydrogen (secondary N) is 1. The minimum absolute atomic E-state index is 0.413. The molecule has 0 amide bonds. The highest BCUT2D eigenvalue weighted by atomic mass is 32.1. The Hall–Kier alpha value is -0.410. The van der Waals surface area contributed by atoms with Crippen LogP contribution in [0.25, 0.3) is 0 Å². The molecule has 0 aromatic carbocycles. The second-order valence-electron chi connectivity index (χ2n) is 4.13. The summed E-state index contributed by atoms with van der Waals surface area (Å²) in [7, 11) is 0. The van der Waals surface area contributed by atoms with Gasteiger partial charge in [0.05, 0.1) is 11.2 Å². The van der Waals surface area contributed by atoms with E-state index in [0.717, 1.165) is 6.54 Å². The lowest BCUT2D eigenvalue weighted by molar-refractivity contribution is 0.207. The maximum atomic E-state index is 4.24. The average molecular weight is 196 g/mol. The Morgan fingerprint density at radius 2 is 2.38 bits per heavy atom. The maximum Gasteiger partial charge on any atom is 0.0798 e. The van der Waals surface area contributed by atoms with Crippen LogP contribution < -0.4 is 5.32 Å². The highest BCUT2D eigenvalue weighted by Crippen LogP contribution is 2.31. The highest BCUT2D eigenvalue weighted by molar-refractivity contribution is 7.09. The van der Waals surface area contributed by atoms with Crippen LogP contribution in [-0.4, -0.2) is 10.5 Å². The van der Waals surface area contributed by atoms with E-state index in [0.29, 0.717) is 5.54 Å². The molecule has 2 nitrogen and oxygen atoms in total. The van der Waals surface area contributed by atoms with Crippen LogP contribution in [0.5, 0.6) is 0 Å². The summed E-state index contributed by atoms with van der Waals surface area (Å²) in [6.45, 7) is 5.39. The molecule has 1 saturated carbocycles. The van der Waals surface area contributed by atoms with Crippen molar-refractivity contribution in [3.8, 4) is 0 Å². The van der Waals surface area contributed by atoms with E-state index in [9.17, 15) is 0 Å². The van der Waals surface area contributed by atoms with Crippen LogP contribution in [0.2, 0.25) is 0 Å². The van der Waals surface area contributed by atoms with Crippen molar-refractivity contribution >= 4 is 11.3 Å². The Balaban J connectivity index is 1.89. The Kier molecular flexibility index (Phi) is 2.39. The van der Waals surface area contributed by atoms with Gasteiger partial charge in [-0.2, -0.15) is 0 Å². The van der Waals surface area contributed by atoms with Gasteiger partial charge in [0.15, 0.2) is 0 Å². The molecular formula is C10H16N2S. The quantitative estimate of drug-likeness (QED) is 0.803. The highest BCUT2D eigenvalue weighted by Gasteiger charge is 2.30. The van der Waals surface area contributed by atoms with Crippen LogP contribution in [-0.2, 0) is 6.54 Å². The zero-order valence-corrected chi connectivity index (χ0v) is 9.08. The van der Waals surface area contributed by atoms with E-state index in [2.05, 4.69) is 24.1 Å². The molecule has 72 valence electrons. The number of nitrogens with zero attached hydrogens (tertiary/aromatic N) is 1. The lowest BCUT2D eigenvalue weighted by Crippen LogP contribution is -2.47. The SMILES string of the molecule is Cc1ncsc1CNC1(C)CCC1. The van der Waals surface area contributed by atoms with Crippen LogP contribution in [0.3, 0.4) is 0 Å². The Morgan fingerprint density at radius 1 is 1.62 bits per heavy atom. The zero-order chi connectivity index (χ0) is 9.31. The first-order chi connectivity index (χ1) is 6.20. The molecule has 2 rings (SSSR count). The van der Waals surface area contributed by atoms with Gasteiger partial charge < -0.3 is 5.32 Å². The van der Waals surface area contributed by atoms with Gasteiger partial charge in [-0.3, -0.25) is 0 Å². The van der Waals surface area contributed by atoms with E-state index < -0.39 is 0 Å². The molecule has 0 spiro atoms. The molecule has 0 unspecified atom stereocenters. The molecule has 1 fully saturated rings. The van der Waals surface area contributed by atoms with Gasteiger partial charge in [-0.15, -0.1) is 11.3 Å². The number of aryl methyl sites for hydroxylation is 1. The fraction of sp³-hybridized carbons (Fsp3) is 0.700. The number of aromatic nitrogens is 1. The van der Waals surface area contributed by atoms with Crippen molar-refractivity contribution < 1.29 is 0 Å². The van der Waals surface area contributed by atoms with E-state index in [-0.39, 0.29) is 0 Å². The molecule has 1 aliphatic rings. The van der Waals surface area contributed by atoms with Crippen LogP contribution in [0, 0.1) is 6.92 Å². The topological polar surface area (TPSA) is 24.9 Å². The third-order valence-electron chi connectivity index (χ3n) is 2.98. The van der Waals surface area contributed by atoms with Gasteiger partial charge in [0.1, 0.15) is 0 Å². The van der Waals surface area contributed by atoms with Crippen LogP contribution in [0.4, 0.5) is 0 Å². The number of hydrogen-bond acceptors (Lipinski definition) is 3. The molecule has 0 atom stereocenters. The predicted octanol–water partition coefficient (Wildman–Crippen LogP) is 2.48. The second-order valence-corrected chi connectivity index (χ2v) is 5.07. The van der Waals surface area contributed by atoms with Gasteiger partial charge in [0, 0.05) is 17.0 Å². The lowest BCUT2D eigenvalue weighted by Gasteiger charge is -2.39. The van der Waals surface area contributed by atoms with Gasteiger partial charge in [0.2, 0.25) is 0 Å². The molecule has 1 aromatic heterocycles. The average Bonchev–Trinajstić information content (AvgIpc) is 2.44. The fourth-order valence-corrected chi connectivity index (χ4v) is 2.39. The lowest BCUT2D eigenvalue weighted by atomic mass is 9.78. The summed E-state index contributed by atoms with van der Waals surface area (Å²) >= 11 is 1.75. The van der Waals surface area contributed by atoms with Gasteiger partial charge in [-0.05, 0) is 33.1 Å². The largest absolute Gasteiger partial charge is 0.307 e. The zero-order valence-electron chi connectivity index (χ0n) is 8.26. The fourth-order valence-electron chi connectivity index (χ4n) is 1.67. The molecule has 1 heterocycles. The number of rotatable bonds is 3. The van der Waals surface area contributed by atoms with Crippen molar-refractivity contribution in [2.75, 3.05) is 0 Å². The Labute approximate surface area is 83.4 Å². The molecule has 3 heteroatoms. The van der Waals surface area contributed by atoms with Gasteiger partial charge in [0.25, 0.3) is 0 Å². The molecule has 0 radical (unpaired) electrons. The summed E-state index contributed by atoms with van der Waals surface area (Å²) in [6, 6.07) is 0. The minimum atomic E-state index is 0.413. The van der Waals surface area contributed by atoms with Crippen molar-refractivity contribution in [2.24, 2.45) is 0 Å². The smallest absolute Gasteiger partial charge is 0.0798 e. The van der Waals surface area contributed by atoms with Crippen molar-refractivity contribution in [1.29, 1.82) is 0 Å². The van der Waals surface area contributed by atoms with Gasteiger partial charge in [-0.25, -0.2) is 4.98 Å². The van der Waals surface area contributed by atoms with E-state index in [4.69, 9.17) is 0 Å². The first-order valence-corrected chi connectivity index (χ1v) is 5.72. The summed E-state index contributed by atoms with van der Waals surface area (Å²) < 4.78 is 0. The first-order valence-electron chi connectivity index (χ1n) is 4.84. The monoisotopic (exact) mass is 196 g/mol. The van der Waals surface area contributed by atoms with Gasteiger partial charge >= 0.3 is 0 Å². The minimum Gasteiger partial charge on any atom is -0.307 e. The maximum absolute atomic E-state index is 4.24. The summed E-state index contributed by atoms with van der Waals surface area (Å²) in [5.41, 5.74) is 3.52. The molecule has 0 bridgehead atoms. The molecule has 1 aromatic rings. The molecule has 1 aliphatic carbocycles. The third kappa shape index (κ3) is 1.92. The second kappa shape index (κ2) is 3.39. The first kappa shape index (κ1) is 9.16. The Morgan fingerprint density at radius 3 is 2.85 bits per heavy atom. The van der Waals surface area contributed by atoms with Crippen molar-refractivity contribution in [3.05, 3.63) is 16.1 Å². The van der Waals surface area contributed by atoms with Gasteiger partial charge in [-0.1, -0.05) is 0 Å². The van der Waals surface area contributed by atoms with E-state index >= 15 is 0 Å². The summed E-state index contributed by atoms with van der Waals surface area (Å²) in [5, 5.41) is 3.61. The third-order valence-corrected chi connectivity index (χ3v) is 3.91. The number of thiazole rings is 1. The summed E-state index contributed by atoms with van der Waals surface area (Å²) in [5.74, 6) is 0.